The van der Waals surface area contributed by atoms with Crippen LogP contribution >= 0.6 is 24.0 Å². The van der Waals surface area contributed by atoms with Crippen LogP contribution < -0.4 is 10.5 Å². The van der Waals surface area contributed by atoms with E-state index in [0.29, 0.717) is 17.5 Å². The molecule has 5 heteroatoms. The molecule has 19 heavy (non-hydrogen) atoms. The molecule has 1 aromatic rings. The maximum Gasteiger partial charge on any atom is 0.173 e. The monoisotopic (exact) mass is 307 g/mol. The second-order valence-corrected chi connectivity index (χ2v) is 5.22. The van der Waals surface area contributed by atoms with Crippen molar-refractivity contribution in [3.63, 3.8) is 0 Å². The molecule has 0 radical (unpaired) electrons. The van der Waals surface area contributed by atoms with Crippen molar-refractivity contribution in [1.82, 2.24) is 0 Å². The first kappa shape index (κ1) is 16.5. The third kappa shape index (κ3) is 3.74. The summed E-state index contributed by atoms with van der Waals surface area (Å²) in [6.07, 6.45) is 4.67. The topological polar surface area (TPSA) is 35.2 Å². The SMILES string of the molecule is CCOc1c(F)cc([C@H](N)C2CCCC2)cc1Cl.Cl. The summed E-state index contributed by atoms with van der Waals surface area (Å²) >= 11 is 6.04. The predicted octanol–water partition coefficient (Wildman–Crippen LogP) is 4.49. The lowest BCUT2D eigenvalue weighted by Gasteiger charge is -2.20. The van der Waals surface area contributed by atoms with Gasteiger partial charge in [-0.2, -0.15) is 0 Å². The lowest BCUT2D eigenvalue weighted by Crippen LogP contribution is -2.19. The third-order valence-electron chi connectivity index (χ3n) is 3.60. The molecule has 1 aliphatic carbocycles. The first-order chi connectivity index (χ1) is 8.63. The minimum atomic E-state index is -0.423. The lowest BCUT2D eigenvalue weighted by atomic mass is 9.92. The van der Waals surface area contributed by atoms with Gasteiger partial charge in [-0.05, 0) is 43.4 Å². The fourth-order valence-electron chi connectivity index (χ4n) is 2.64. The predicted molar refractivity (Wildman–Crippen MR) is 78.7 cm³/mol. The van der Waals surface area contributed by atoms with Gasteiger partial charge < -0.3 is 10.5 Å². The normalized spacial score (nSPS) is 17.1. The molecule has 108 valence electrons. The molecule has 2 rings (SSSR count). The van der Waals surface area contributed by atoms with Crippen LogP contribution in [0.2, 0.25) is 5.02 Å². The molecule has 1 fully saturated rings. The number of nitrogens with two attached hydrogens (primary N) is 1. The van der Waals surface area contributed by atoms with Crippen LogP contribution in [0.4, 0.5) is 4.39 Å². The van der Waals surface area contributed by atoms with Gasteiger partial charge in [0.15, 0.2) is 11.6 Å². The fourth-order valence-corrected chi connectivity index (χ4v) is 2.91. The first-order valence-corrected chi connectivity index (χ1v) is 6.88. The second-order valence-electron chi connectivity index (χ2n) is 4.82. The van der Waals surface area contributed by atoms with E-state index < -0.39 is 5.82 Å². The van der Waals surface area contributed by atoms with Gasteiger partial charge in [0.2, 0.25) is 0 Å². The summed E-state index contributed by atoms with van der Waals surface area (Å²) in [5.74, 6) is 0.146. The van der Waals surface area contributed by atoms with Crippen molar-refractivity contribution in [2.45, 2.75) is 38.6 Å². The molecule has 2 N–H and O–H groups in total. The van der Waals surface area contributed by atoms with E-state index in [1.54, 1.807) is 13.0 Å². The van der Waals surface area contributed by atoms with Gasteiger partial charge in [-0.25, -0.2) is 4.39 Å². The molecule has 1 aromatic carbocycles. The van der Waals surface area contributed by atoms with Gasteiger partial charge in [-0.3, -0.25) is 0 Å². The van der Waals surface area contributed by atoms with E-state index in [-0.39, 0.29) is 24.2 Å². The van der Waals surface area contributed by atoms with Crippen LogP contribution in [0.3, 0.4) is 0 Å². The van der Waals surface area contributed by atoms with Gasteiger partial charge in [0.05, 0.1) is 11.6 Å². The number of hydrogen-bond donors (Lipinski definition) is 1. The summed E-state index contributed by atoms with van der Waals surface area (Å²) in [7, 11) is 0. The van der Waals surface area contributed by atoms with E-state index in [1.165, 1.54) is 18.9 Å². The number of ether oxygens (including phenoxy) is 1. The van der Waals surface area contributed by atoms with Crippen LogP contribution in [0.5, 0.6) is 5.75 Å². The van der Waals surface area contributed by atoms with Gasteiger partial charge in [-0.1, -0.05) is 24.4 Å². The smallest absolute Gasteiger partial charge is 0.173 e. The Balaban J connectivity index is 0.00000180. The molecule has 0 bridgehead atoms. The second kappa shape index (κ2) is 7.32. The minimum Gasteiger partial charge on any atom is -0.489 e. The third-order valence-corrected chi connectivity index (χ3v) is 3.88. The summed E-state index contributed by atoms with van der Waals surface area (Å²) in [5, 5.41) is 0.306. The Kier molecular flexibility index (Phi) is 6.37. The Hall–Kier alpha value is -0.510. The van der Waals surface area contributed by atoms with E-state index in [4.69, 9.17) is 22.1 Å². The molecule has 0 amide bonds. The van der Waals surface area contributed by atoms with Crippen molar-refractivity contribution >= 4 is 24.0 Å². The van der Waals surface area contributed by atoms with Crippen LogP contribution in [0.1, 0.15) is 44.2 Å². The van der Waals surface area contributed by atoms with Crippen molar-refractivity contribution in [2.24, 2.45) is 11.7 Å². The van der Waals surface area contributed by atoms with E-state index in [1.807, 2.05) is 0 Å². The molecule has 0 heterocycles. The van der Waals surface area contributed by atoms with E-state index in [2.05, 4.69) is 0 Å². The summed E-state index contributed by atoms with van der Waals surface area (Å²) < 4.78 is 19.1. The summed E-state index contributed by atoms with van der Waals surface area (Å²) in [6, 6.07) is 3.06. The molecular formula is C14H20Cl2FNO. The average molecular weight is 308 g/mol. The molecule has 0 unspecified atom stereocenters. The molecule has 0 spiro atoms. The average Bonchev–Trinajstić information content (AvgIpc) is 2.86. The Morgan fingerprint density at radius 1 is 1.42 bits per heavy atom. The number of benzene rings is 1. The summed E-state index contributed by atoms with van der Waals surface area (Å²) in [5.41, 5.74) is 6.97. The largest absolute Gasteiger partial charge is 0.489 e. The highest BCUT2D eigenvalue weighted by Gasteiger charge is 2.24. The zero-order valence-electron chi connectivity index (χ0n) is 11.0. The van der Waals surface area contributed by atoms with Crippen LogP contribution in [-0.4, -0.2) is 6.61 Å². The van der Waals surface area contributed by atoms with Crippen molar-refractivity contribution in [2.75, 3.05) is 6.61 Å². The van der Waals surface area contributed by atoms with Gasteiger partial charge in [0.25, 0.3) is 0 Å². The van der Waals surface area contributed by atoms with Crippen LogP contribution in [0.25, 0.3) is 0 Å². The van der Waals surface area contributed by atoms with Gasteiger partial charge in [-0.15, -0.1) is 12.4 Å². The molecule has 0 aromatic heterocycles. The molecule has 1 saturated carbocycles. The number of rotatable bonds is 4. The van der Waals surface area contributed by atoms with Crippen molar-refractivity contribution in [3.8, 4) is 5.75 Å². The van der Waals surface area contributed by atoms with Gasteiger partial charge >= 0.3 is 0 Å². The Labute approximate surface area is 124 Å². The molecule has 1 atom stereocenters. The quantitative estimate of drug-likeness (QED) is 0.889. The summed E-state index contributed by atoms with van der Waals surface area (Å²) in [6.45, 7) is 2.19. The van der Waals surface area contributed by atoms with Crippen LogP contribution in [0, 0.1) is 11.7 Å². The summed E-state index contributed by atoms with van der Waals surface area (Å²) in [4.78, 5) is 0. The van der Waals surface area contributed by atoms with E-state index >= 15 is 0 Å². The molecule has 2 nitrogen and oxygen atoms in total. The van der Waals surface area contributed by atoms with Gasteiger partial charge in [0.1, 0.15) is 0 Å². The highest BCUT2D eigenvalue weighted by molar-refractivity contribution is 6.32. The first-order valence-electron chi connectivity index (χ1n) is 6.50. The van der Waals surface area contributed by atoms with Crippen molar-refractivity contribution in [3.05, 3.63) is 28.5 Å². The molecule has 1 aliphatic rings. The maximum atomic E-state index is 13.9. The Bertz CT molecular complexity index is 399. The van der Waals surface area contributed by atoms with Gasteiger partial charge in [0, 0.05) is 6.04 Å². The van der Waals surface area contributed by atoms with E-state index in [9.17, 15) is 4.39 Å². The fraction of sp³-hybridized carbons (Fsp3) is 0.571. The maximum absolute atomic E-state index is 13.9. The van der Waals surface area contributed by atoms with Crippen molar-refractivity contribution < 1.29 is 9.13 Å². The van der Waals surface area contributed by atoms with Crippen molar-refractivity contribution in [1.29, 1.82) is 0 Å². The Morgan fingerprint density at radius 3 is 2.58 bits per heavy atom. The lowest BCUT2D eigenvalue weighted by molar-refractivity contribution is 0.321. The number of halogens is 3. The number of hydrogen-bond acceptors (Lipinski definition) is 2. The highest BCUT2D eigenvalue weighted by Crippen LogP contribution is 2.37. The Morgan fingerprint density at radius 2 is 2.05 bits per heavy atom. The van der Waals surface area contributed by atoms with Crippen LogP contribution in [0.15, 0.2) is 12.1 Å². The van der Waals surface area contributed by atoms with E-state index in [0.717, 1.165) is 18.4 Å². The highest BCUT2D eigenvalue weighted by atomic mass is 35.5. The molecular weight excluding hydrogens is 288 g/mol. The minimum absolute atomic E-state index is 0. The molecule has 0 aliphatic heterocycles. The van der Waals surface area contributed by atoms with Crippen LogP contribution in [-0.2, 0) is 0 Å². The zero-order chi connectivity index (χ0) is 13.1. The molecule has 0 saturated heterocycles. The zero-order valence-corrected chi connectivity index (χ0v) is 12.6. The standard InChI is InChI=1S/C14H19ClFNO.ClH/c1-2-18-14-11(15)7-10(8-12(14)16)13(17)9-5-3-4-6-9;/h7-9,13H,2-6,17H2,1H3;1H/t13-;/m1./s1.